The topological polar surface area (TPSA) is 26.0 Å². The summed E-state index contributed by atoms with van der Waals surface area (Å²) < 4.78 is 6.24. The van der Waals surface area contributed by atoms with E-state index in [1.807, 2.05) is 30.3 Å². The van der Waals surface area contributed by atoms with Gasteiger partial charge in [0.2, 0.25) is 0 Å². The summed E-state index contributed by atoms with van der Waals surface area (Å²) in [6.45, 7) is 0. The van der Waals surface area contributed by atoms with Gasteiger partial charge in [0, 0.05) is 27.9 Å². The van der Waals surface area contributed by atoms with Crippen molar-refractivity contribution in [1.82, 2.24) is 5.16 Å². The van der Waals surface area contributed by atoms with Crippen molar-refractivity contribution in [3.05, 3.63) is 40.6 Å². The molecule has 1 aromatic heterocycles. The van der Waals surface area contributed by atoms with Gasteiger partial charge in [-0.2, -0.15) is 0 Å². The average molecular weight is 331 g/mol. The van der Waals surface area contributed by atoms with E-state index in [-0.39, 0.29) is 0 Å². The van der Waals surface area contributed by atoms with Crippen LogP contribution in [0.15, 0.2) is 39.3 Å². The first-order valence-corrected chi connectivity index (χ1v) is 6.49. The minimum atomic E-state index is 0.859. The van der Waals surface area contributed by atoms with Gasteiger partial charge in [-0.25, -0.2) is 0 Å². The van der Waals surface area contributed by atoms with Crippen molar-refractivity contribution in [2.75, 3.05) is 5.33 Å². The van der Waals surface area contributed by atoms with Crippen LogP contribution in [0.5, 0.6) is 0 Å². The largest absolute Gasteiger partial charge is 0.361 e. The molecule has 4 heteroatoms. The lowest BCUT2D eigenvalue weighted by atomic mass is 10.1. The molecule has 2 aromatic rings. The van der Waals surface area contributed by atoms with Gasteiger partial charge in [-0.15, -0.1) is 0 Å². The molecule has 0 saturated heterocycles. The van der Waals surface area contributed by atoms with E-state index in [0.29, 0.717) is 0 Å². The number of hydrogen-bond donors (Lipinski definition) is 0. The van der Waals surface area contributed by atoms with Crippen LogP contribution in [0.1, 0.15) is 5.76 Å². The van der Waals surface area contributed by atoms with E-state index < -0.39 is 0 Å². The highest BCUT2D eigenvalue weighted by Crippen LogP contribution is 2.27. The fourth-order valence-electron chi connectivity index (χ4n) is 1.32. The van der Waals surface area contributed by atoms with Gasteiger partial charge in [-0.05, 0) is 6.07 Å². The maximum Gasteiger partial charge on any atom is 0.138 e. The zero-order valence-corrected chi connectivity index (χ0v) is 11.1. The first-order valence-electron chi connectivity index (χ1n) is 4.57. The summed E-state index contributed by atoms with van der Waals surface area (Å²) in [6, 6.07) is 9.95. The summed E-state index contributed by atoms with van der Waals surface area (Å²) in [5.41, 5.74) is 1.93. The second-order valence-electron chi connectivity index (χ2n) is 3.10. The zero-order valence-electron chi connectivity index (χ0n) is 7.91. The Balaban J connectivity index is 2.33. The third-order valence-electron chi connectivity index (χ3n) is 2.05. The van der Waals surface area contributed by atoms with Crippen LogP contribution in [0, 0.1) is 0 Å². The summed E-state index contributed by atoms with van der Waals surface area (Å²) >= 11 is 6.86. The second kappa shape index (κ2) is 4.94. The Morgan fingerprint density at radius 3 is 2.80 bits per heavy atom. The van der Waals surface area contributed by atoms with Gasteiger partial charge >= 0.3 is 0 Å². The molecule has 0 saturated carbocycles. The Kier molecular flexibility index (Phi) is 3.59. The first-order chi connectivity index (χ1) is 7.31. The van der Waals surface area contributed by atoms with E-state index in [9.17, 15) is 0 Å². The lowest BCUT2D eigenvalue weighted by molar-refractivity contribution is 0.390. The number of alkyl halides is 1. The van der Waals surface area contributed by atoms with Crippen LogP contribution >= 0.6 is 31.9 Å². The zero-order chi connectivity index (χ0) is 10.7. The molecule has 0 aliphatic rings. The molecule has 0 fully saturated rings. The Morgan fingerprint density at radius 1 is 1.27 bits per heavy atom. The molecule has 2 rings (SSSR count). The lowest BCUT2D eigenvalue weighted by Gasteiger charge is -1.97. The average Bonchev–Trinajstić information content (AvgIpc) is 2.68. The van der Waals surface area contributed by atoms with Gasteiger partial charge < -0.3 is 4.52 Å². The molecule has 0 bridgehead atoms. The van der Waals surface area contributed by atoms with Crippen molar-refractivity contribution in [3.8, 4) is 11.3 Å². The van der Waals surface area contributed by atoms with E-state index >= 15 is 0 Å². The Hall–Kier alpha value is -0.610. The Labute approximate surface area is 105 Å². The predicted octanol–water partition coefficient (Wildman–Crippen LogP) is 4.04. The molecule has 0 aliphatic heterocycles. The van der Waals surface area contributed by atoms with Gasteiger partial charge in [0.05, 0.1) is 0 Å². The molecule has 0 N–H and O–H groups in total. The summed E-state index contributed by atoms with van der Waals surface area (Å²) in [5, 5.41) is 4.93. The molecule has 0 radical (unpaired) electrons. The standard InChI is InChI=1S/C11H9Br2NO/c12-6-5-8-7-11(14-15-8)9-3-1-2-4-10(9)13/h1-4,7H,5-6H2. The predicted molar refractivity (Wildman–Crippen MR) is 67.1 cm³/mol. The normalized spacial score (nSPS) is 10.5. The maximum atomic E-state index is 5.21. The van der Waals surface area contributed by atoms with E-state index in [1.54, 1.807) is 0 Å². The first kappa shape index (κ1) is 10.9. The highest BCUT2D eigenvalue weighted by molar-refractivity contribution is 9.10. The minimum absolute atomic E-state index is 0.859. The van der Waals surface area contributed by atoms with Crippen LogP contribution in [-0.2, 0) is 6.42 Å². The molecule has 0 unspecified atom stereocenters. The fraction of sp³-hybridized carbons (Fsp3) is 0.182. The third kappa shape index (κ3) is 2.49. The fourth-order valence-corrected chi connectivity index (χ4v) is 2.20. The van der Waals surface area contributed by atoms with E-state index in [4.69, 9.17) is 4.52 Å². The summed E-state index contributed by atoms with van der Waals surface area (Å²) in [6.07, 6.45) is 0.859. The molecule has 0 amide bonds. The quantitative estimate of drug-likeness (QED) is 0.794. The van der Waals surface area contributed by atoms with Crippen LogP contribution < -0.4 is 0 Å². The third-order valence-corrected chi connectivity index (χ3v) is 3.14. The summed E-state index contributed by atoms with van der Waals surface area (Å²) in [4.78, 5) is 0. The van der Waals surface area contributed by atoms with Crippen LogP contribution in [-0.4, -0.2) is 10.5 Å². The summed E-state index contributed by atoms with van der Waals surface area (Å²) in [7, 11) is 0. The molecule has 0 spiro atoms. The monoisotopic (exact) mass is 329 g/mol. The van der Waals surface area contributed by atoms with E-state index in [1.165, 1.54) is 0 Å². The number of rotatable bonds is 3. The van der Waals surface area contributed by atoms with Crippen LogP contribution in [0.2, 0.25) is 0 Å². The number of aryl methyl sites for hydroxylation is 1. The Morgan fingerprint density at radius 2 is 2.07 bits per heavy atom. The Bertz CT molecular complexity index is 453. The minimum Gasteiger partial charge on any atom is -0.361 e. The molecule has 1 heterocycles. The van der Waals surface area contributed by atoms with Gasteiger partial charge in [-0.1, -0.05) is 55.2 Å². The molecule has 78 valence electrons. The number of benzene rings is 1. The van der Waals surface area contributed by atoms with Crippen LogP contribution in [0.3, 0.4) is 0 Å². The number of hydrogen-bond acceptors (Lipinski definition) is 2. The van der Waals surface area contributed by atoms with Gasteiger partial charge in [0.25, 0.3) is 0 Å². The highest BCUT2D eigenvalue weighted by Gasteiger charge is 2.08. The molecule has 1 aromatic carbocycles. The van der Waals surface area contributed by atoms with Crippen molar-refractivity contribution in [2.45, 2.75) is 6.42 Å². The van der Waals surface area contributed by atoms with Gasteiger partial charge in [0.15, 0.2) is 0 Å². The molecule has 0 aliphatic carbocycles. The lowest BCUT2D eigenvalue weighted by Crippen LogP contribution is -1.80. The SMILES string of the molecule is BrCCc1cc(-c2ccccc2Br)no1. The number of halogens is 2. The molecule has 0 atom stereocenters. The van der Waals surface area contributed by atoms with Crippen LogP contribution in [0.25, 0.3) is 11.3 Å². The summed E-state index contributed by atoms with van der Waals surface area (Å²) in [5.74, 6) is 0.901. The van der Waals surface area contributed by atoms with Crippen molar-refractivity contribution in [3.63, 3.8) is 0 Å². The van der Waals surface area contributed by atoms with Crippen molar-refractivity contribution < 1.29 is 4.52 Å². The molecular formula is C11H9Br2NO. The number of aromatic nitrogens is 1. The highest BCUT2D eigenvalue weighted by atomic mass is 79.9. The molecule has 2 nitrogen and oxygen atoms in total. The van der Waals surface area contributed by atoms with E-state index in [2.05, 4.69) is 37.0 Å². The van der Waals surface area contributed by atoms with Gasteiger partial charge in [-0.3, -0.25) is 0 Å². The van der Waals surface area contributed by atoms with Crippen LogP contribution in [0.4, 0.5) is 0 Å². The van der Waals surface area contributed by atoms with Crippen molar-refractivity contribution in [2.24, 2.45) is 0 Å². The molecule has 15 heavy (non-hydrogen) atoms. The smallest absolute Gasteiger partial charge is 0.138 e. The van der Waals surface area contributed by atoms with E-state index in [0.717, 1.165) is 33.2 Å². The maximum absolute atomic E-state index is 5.21. The van der Waals surface area contributed by atoms with Crippen molar-refractivity contribution in [1.29, 1.82) is 0 Å². The number of nitrogens with zero attached hydrogens (tertiary/aromatic N) is 1. The second-order valence-corrected chi connectivity index (χ2v) is 4.74. The van der Waals surface area contributed by atoms with Crippen molar-refractivity contribution >= 4 is 31.9 Å². The van der Waals surface area contributed by atoms with Gasteiger partial charge in [0.1, 0.15) is 11.5 Å². The molecular weight excluding hydrogens is 322 g/mol.